The molecule has 1 rings (SSSR count). The normalized spacial score (nSPS) is 29.1. The summed E-state index contributed by atoms with van der Waals surface area (Å²) in [6.45, 7) is 13.7. The van der Waals surface area contributed by atoms with Crippen molar-refractivity contribution in [1.82, 2.24) is 4.90 Å². The van der Waals surface area contributed by atoms with Crippen LogP contribution in [0.15, 0.2) is 0 Å². The lowest BCUT2D eigenvalue weighted by Crippen LogP contribution is -2.67. The molecule has 0 saturated carbocycles. The van der Waals surface area contributed by atoms with E-state index in [0.29, 0.717) is 5.41 Å². The van der Waals surface area contributed by atoms with Gasteiger partial charge < -0.3 is 5.73 Å². The SMILES string of the molecule is CCC(C)(C(C)N)N1CC(C)(C)C1. The van der Waals surface area contributed by atoms with Gasteiger partial charge >= 0.3 is 0 Å². The van der Waals surface area contributed by atoms with Crippen LogP contribution in [0.3, 0.4) is 0 Å². The Hall–Kier alpha value is -0.0800. The van der Waals surface area contributed by atoms with Gasteiger partial charge in [0.1, 0.15) is 0 Å². The Morgan fingerprint density at radius 1 is 1.46 bits per heavy atom. The molecule has 1 heterocycles. The minimum atomic E-state index is 0.204. The lowest BCUT2D eigenvalue weighted by Gasteiger charge is -2.56. The molecule has 13 heavy (non-hydrogen) atoms. The number of nitrogens with zero attached hydrogens (tertiary/aromatic N) is 1. The van der Waals surface area contributed by atoms with Crippen LogP contribution in [0.25, 0.3) is 0 Å². The molecule has 2 heteroatoms. The first kappa shape index (κ1) is 11.0. The van der Waals surface area contributed by atoms with Gasteiger partial charge in [0.05, 0.1) is 0 Å². The zero-order valence-electron chi connectivity index (χ0n) is 9.72. The number of nitrogens with two attached hydrogens (primary N) is 1. The molecule has 0 aromatic carbocycles. The first-order valence-corrected chi connectivity index (χ1v) is 5.32. The zero-order valence-corrected chi connectivity index (χ0v) is 9.72. The Kier molecular flexibility index (Phi) is 2.75. The molecule has 1 saturated heterocycles. The van der Waals surface area contributed by atoms with Gasteiger partial charge in [-0.1, -0.05) is 20.8 Å². The van der Waals surface area contributed by atoms with E-state index in [2.05, 4.69) is 39.5 Å². The smallest absolute Gasteiger partial charge is 0.0327 e. The topological polar surface area (TPSA) is 29.3 Å². The first-order valence-electron chi connectivity index (χ1n) is 5.32. The average Bonchev–Trinajstić information content (AvgIpc) is 1.98. The Morgan fingerprint density at radius 2 is 1.92 bits per heavy atom. The molecule has 1 fully saturated rings. The molecule has 1 aliphatic rings. The second kappa shape index (κ2) is 3.25. The van der Waals surface area contributed by atoms with Crippen LogP contribution in [-0.4, -0.2) is 29.6 Å². The molecule has 0 spiro atoms. The van der Waals surface area contributed by atoms with E-state index in [1.54, 1.807) is 0 Å². The Labute approximate surface area is 82.5 Å². The molecule has 0 aliphatic carbocycles. The molecule has 2 N–H and O–H groups in total. The number of likely N-dealkylation sites (tertiary alicyclic amines) is 1. The Bertz CT molecular complexity index is 179. The molecule has 1 aliphatic heterocycles. The highest BCUT2D eigenvalue weighted by Gasteiger charge is 2.44. The van der Waals surface area contributed by atoms with Crippen LogP contribution in [0.1, 0.15) is 41.0 Å². The largest absolute Gasteiger partial charge is 0.326 e. The van der Waals surface area contributed by atoms with Gasteiger partial charge in [0.25, 0.3) is 0 Å². The third-order valence-electron chi connectivity index (χ3n) is 3.66. The molecule has 2 atom stereocenters. The summed E-state index contributed by atoms with van der Waals surface area (Å²) in [5.74, 6) is 0. The summed E-state index contributed by atoms with van der Waals surface area (Å²) in [6, 6.07) is 0.258. The zero-order chi connectivity index (χ0) is 10.3. The number of hydrogen-bond donors (Lipinski definition) is 1. The van der Waals surface area contributed by atoms with Crippen molar-refractivity contribution < 1.29 is 0 Å². The van der Waals surface area contributed by atoms with E-state index in [1.807, 2.05) is 0 Å². The quantitative estimate of drug-likeness (QED) is 0.725. The van der Waals surface area contributed by atoms with Gasteiger partial charge in [0.15, 0.2) is 0 Å². The molecule has 0 amide bonds. The summed E-state index contributed by atoms with van der Waals surface area (Å²) in [5.41, 5.74) is 6.75. The molecule has 0 radical (unpaired) electrons. The highest BCUT2D eigenvalue weighted by atomic mass is 15.3. The van der Waals surface area contributed by atoms with Crippen LogP contribution in [0.2, 0.25) is 0 Å². The van der Waals surface area contributed by atoms with E-state index >= 15 is 0 Å². The van der Waals surface area contributed by atoms with Crippen molar-refractivity contribution in [2.24, 2.45) is 11.1 Å². The number of rotatable bonds is 3. The van der Waals surface area contributed by atoms with Crippen LogP contribution in [0.4, 0.5) is 0 Å². The summed E-state index contributed by atoms with van der Waals surface area (Å²) in [6.07, 6.45) is 1.14. The van der Waals surface area contributed by atoms with Crippen LogP contribution in [0.5, 0.6) is 0 Å². The summed E-state index contributed by atoms with van der Waals surface area (Å²) in [7, 11) is 0. The van der Waals surface area contributed by atoms with E-state index in [4.69, 9.17) is 5.73 Å². The van der Waals surface area contributed by atoms with E-state index in [1.165, 1.54) is 13.1 Å². The van der Waals surface area contributed by atoms with Crippen molar-refractivity contribution in [3.8, 4) is 0 Å². The fraction of sp³-hybridized carbons (Fsp3) is 1.00. The molecule has 78 valence electrons. The molecule has 0 aromatic heterocycles. The van der Waals surface area contributed by atoms with Crippen LogP contribution in [-0.2, 0) is 0 Å². The van der Waals surface area contributed by atoms with E-state index in [-0.39, 0.29) is 11.6 Å². The molecule has 0 bridgehead atoms. The van der Waals surface area contributed by atoms with Crippen molar-refractivity contribution in [1.29, 1.82) is 0 Å². The standard InChI is InChI=1S/C11H24N2/c1-6-11(5,9(2)12)13-7-10(3,4)8-13/h9H,6-8,12H2,1-5H3. The van der Waals surface area contributed by atoms with Crippen LogP contribution in [0, 0.1) is 5.41 Å². The van der Waals surface area contributed by atoms with Gasteiger partial charge in [0.2, 0.25) is 0 Å². The third kappa shape index (κ3) is 1.89. The van der Waals surface area contributed by atoms with E-state index < -0.39 is 0 Å². The Morgan fingerprint density at radius 3 is 2.15 bits per heavy atom. The third-order valence-corrected chi connectivity index (χ3v) is 3.66. The van der Waals surface area contributed by atoms with Gasteiger partial charge in [-0.25, -0.2) is 0 Å². The lowest BCUT2D eigenvalue weighted by atomic mass is 9.77. The monoisotopic (exact) mass is 184 g/mol. The predicted octanol–water partition coefficient (Wildman–Crippen LogP) is 1.84. The van der Waals surface area contributed by atoms with Gasteiger partial charge in [-0.05, 0) is 25.7 Å². The van der Waals surface area contributed by atoms with Crippen molar-refractivity contribution >= 4 is 0 Å². The van der Waals surface area contributed by atoms with Crippen molar-refractivity contribution in [2.75, 3.05) is 13.1 Å². The highest BCUT2D eigenvalue weighted by molar-refractivity contribution is 5.01. The maximum atomic E-state index is 6.04. The molecule has 0 aromatic rings. The van der Waals surface area contributed by atoms with Gasteiger partial charge in [0, 0.05) is 24.7 Å². The summed E-state index contributed by atoms with van der Waals surface area (Å²) < 4.78 is 0. The second-order valence-corrected chi connectivity index (χ2v) is 5.52. The predicted molar refractivity (Wildman–Crippen MR) is 57.7 cm³/mol. The van der Waals surface area contributed by atoms with Crippen molar-refractivity contribution in [3.63, 3.8) is 0 Å². The average molecular weight is 184 g/mol. The summed E-state index contributed by atoms with van der Waals surface area (Å²) >= 11 is 0. The van der Waals surface area contributed by atoms with E-state index in [0.717, 1.165) is 6.42 Å². The van der Waals surface area contributed by atoms with Crippen molar-refractivity contribution in [2.45, 2.75) is 52.6 Å². The molecular weight excluding hydrogens is 160 g/mol. The number of hydrogen-bond acceptors (Lipinski definition) is 2. The fourth-order valence-corrected chi connectivity index (χ4v) is 2.18. The van der Waals surface area contributed by atoms with Gasteiger partial charge in [-0.3, -0.25) is 4.90 Å². The lowest BCUT2D eigenvalue weighted by molar-refractivity contribution is -0.0630. The fourth-order valence-electron chi connectivity index (χ4n) is 2.18. The van der Waals surface area contributed by atoms with Crippen LogP contribution < -0.4 is 5.73 Å². The molecular formula is C11H24N2. The molecule has 2 nitrogen and oxygen atoms in total. The highest BCUT2D eigenvalue weighted by Crippen LogP contribution is 2.37. The minimum absolute atomic E-state index is 0.204. The summed E-state index contributed by atoms with van der Waals surface area (Å²) in [5, 5.41) is 0. The molecule has 2 unspecified atom stereocenters. The van der Waals surface area contributed by atoms with Crippen LogP contribution >= 0.6 is 0 Å². The first-order chi connectivity index (χ1) is 5.82. The van der Waals surface area contributed by atoms with Gasteiger partial charge in [-0.15, -0.1) is 0 Å². The van der Waals surface area contributed by atoms with E-state index in [9.17, 15) is 0 Å². The van der Waals surface area contributed by atoms with Gasteiger partial charge in [-0.2, -0.15) is 0 Å². The Balaban J connectivity index is 2.60. The maximum Gasteiger partial charge on any atom is 0.0327 e. The second-order valence-electron chi connectivity index (χ2n) is 5.52. The van der Waals surface area contributed by atoms with Crippen molar-refractivity contribution in [3.05, 3.63) is 0 Å². The minimum Gasteiger partial charge on any atom is -0.326 e. The maximum absolute atomic E-state index is 6.04. The summed E-state index contributed by atoms with van der Waals surface area (Å²) in [4.78, 5) is 2.53.